The van der Waals surface area contributed by atoms with Crippen LogP contribution < -0.4 is 4.74 Å². The van der Waals surface area contributed by atoms with Crippen LogP contribution in [0.25, 0.3) is 0 Å². The van der Waals surface area contributed by atoms with Gasteiger partial charge >= 0.3 is 0 Å². The highest BCUT2D eigenvalue weighted by atomic mass is 35.5. The lowest BCUT2D eigenvalue weighted by Gasteiger charge is -2.14. The molecule has 0 bridgehead atoms. The molecule has 2 nitrogen and oxygen atoms in total. The molecule has 2 aromatic carbocycles. The summed E-state index contributed by atoms with van der Waals surface area (Å²) in [5, 5.41) is 1.47. The van der Waals surface area contributed by atoms with Crippen molar-refractivity contribution in [1.29, 1.82) is 0 Å². The van der Waals surface area contributed by atoms with Gasteiger partial charge in [-0.1, -0.05) is 41.4 Å². The Labute approximate surface area is 142 Å². The first kappa shape index (κ1) is 17.1. The molecule has 0 aromatic heterocycles. The van der Waals surface area contributed by atoms with Crippen LogP contribution in [0.15, 0.2) is 42.5 Å². The summed E-state index contributed by atoms with van der Waals surface area (Å²) in [7, 11) is 4.15. The van der Waals surface area contributed by atoms with Crippen molar-refractivity contribution in [3.63, 3.8) is 0 Å². The second-order valence-electron chi connectivity index (χ2n) is 5.54. The van der Waals surface area contributed by atoms with E-state index >= 15 is 0 Å². The zero-order valence-corrected chi connectivity index (χ0v) is 14.5. The number of nitrogens with zero attached hydrogens (tertiary/aromatic N) is 1. The quantitative estimate of drug-likeness (QED) is 0.699. The lowest BCUT2D eigenvalue weighted by atomic mass is 10.1. The van der Waals surface area contributed by atoms with Gasteiger partial charge in [-0.05, 0) is 63.3 Å². The summed E-state index contributed by atoms with van der Waals surface area (Å²) in [4.78, 5) is 2.18. The van der Waals surface area contributed by atoms with Gasteiger partial charge in [-0.15, -0.1) is 0 Å². The molecule has 22 heavy (non-hydrogen) atoms. The van der Waals surface area contributed by atoms with E-state index in [-0.39, 0.29) is 0 Å². The fourth-order valence-corrected chi connectivity index (χ4v) is 2.63. The maximum atomic E-state index is 6.17. The van der Waals surface area contributed by atoms with E-state index in [1.165, 1.54) is 0 Å². The third-order valence-corrected chi connectivity index (χ3v) is 4.02. The summed E-state index contributed by atoms with van der Waals surface area (Å²) in [6, 6.07) is 13.5. The van der Waals surface area contributed by atoms with E-state index in [0.29, 0.717) is 6.61 Å². The SMILES string of the molecule is CN(C)CCCc1cc(Cl)ccc1OCc1ccccc1Cl. The van der Waals surface area contributed by atoms with Gasteiger partial charge in [0.1, 0.15) is 12.4 Å². The molecule has 0 saturated carbocycles. The molecule has 2 aromatic rings. The largest absolute Gasteiger partial charge is 0.489 e. The Morgan fingerprint density at radius 1 is 1.00 bits per heavy atom. The van der Waals surface area contributed by atoms with Gasteiger partial charge in [-0.3, -0.25) is 0 Å². The molecule has 0 heterocycles. The third kappa shape index (κ3) is 5.20. The summed E-state index contributed by atoms with van der Waals surface area (Å²) in [6.07, 6.45) is 2.01. The molecule has 0 unspecified atom stereocenters. The number of rotatable bonds is 7. The van der Waals surface area contributed by atoms with Crippen LogP contribution in [0.1, 0.15) is 17.5 Å². The average molecular weight is 338 g/mol. The summed E-state index contributed by atoms with van der Waals surface area (Å²) in [6.45, 7) is 1.50. The van der Waals surface area contributed by atoms with Crippen molar-refractivity contribution >= 4 is 23.2 Å². The van der Waals surface area contributed by atoms with Gasteiger partial charge in [-0.25, -0.2) is 0 Å². The van der Waals surface area contributed by atoms with Crippen molar-refractivity contribution in [3.8, 4) is 5.75 Å². The van der Waals surface area contributed by atoms with Crippen LogP contribution in [0.5, 0.6) is 5.75 Å². The third-order valence-electron chi connectivity index (χ3n) is 3.41. The predicted octanol–water partition coefficient (Wildman–Crippen LogP) is 5.07. The Balaban J connectivity index is 2.05. The fraction of sp³-hybridized carbons (Fsp3) is 0.333. The Hall–Kier alpha value is -1.22. The van der Waals surface area contributed by atoms with Gasteiger partial charge in [0.05, 0.1) is 0 Å². The summed E-state index contributed by atoms with van der Waals surface area (Å²) >= 11 is 12.3. The Bertz CT molecular complexity index is 614. The van der Waals surface area contributed by atoms with Gasteiger partial charge in [0.25, 0.3) is 0 Å². The highest BCUT2D eigenvalue weighted by Crippen LogP contribution is 2.26. The smallest absolute Gasteiger partial charge is 0.123 e. The van der Waals surface area contributed by atoms with E-state index in [1.54, 1.807) is 0 Å². The van der Waals surface area contributed by atoms with Crippen molar-refractivity contribution in [3.05, 3.63) is 63.6 Å². The number of hydrogen-bond acceptors (Lipinski definition) is 2. The van der Waals surface area contributed by atoms with Crippen molar-refractivity contribution in [1.82, 2.24) is 4.90 Å². The molecule has 2 rings (SSSR count). The van der Waals surface area contributed by atoms with Crippen molar-refractivity contribution in [2.45, 2.75) is 19.4 Å². The maximum absolute atomic E-state index is 6.17. The Morgan fingerprint density at radius 3 is 2.50 bits per heavy atom. The number of ether oxygens (including phenoxy) is 1. The highest BCUT2D eigenvalue weighted by Gasteiger charge is 2.07. The molecule has 0 aliphatic carbocycles. The van der Waals surface area contributed by atoms with Crippen molar-refractivity contribution < 1.29 is 4.74 Å². The zero-order valence-electron chi connectivity index (χ0n) is 13.0. The molecule has 0 radical (unpaired) electrons. The molecule has 4 heteroatoms. The van der Waals surface area contributed by atoms with Crippen molar-refractivity contribution in [2.24, 2.45) is 0 Å². The second kappa shape index (κ2) is 8.42. The number of benzene rings is 2. The molecule has 0 aliphatic heterocycles. The molecular formula is C18H21Cl2NO. The number of aryl methyl sites for hydroxylation is 1. The van der Waals surface area contributed by atoms with Gasteiger partial charge in [0.15, 0.2) is 0 Å². The second-order valence-corrected chi connectivity index (χ2v) is 6.38. The normalized spacial score (nSPS) is 11.0. The standard InChI is InChI=1S/C18H21Cl2NO/c1-21(2)11-5-7-14-12-16(19)9-10-18(14)22-13-15-6-3-4-8-17(15)20/h3-4,6,8-10,12H,5,7,11,13H2,1-2H3. The minimum atomic E-state index is 0.460. The van der Waals surface area contributed by atoms with Gasteiger partial charge < -0.3 is 9.64 Å². The van der Waals surface area contributed by atoms with Crippen LogP contribution >= 0.6 is 23.2 Å². The van der Waals surface area contributed by atoms with Gasteiger partial charge in [0, 0.05) is 15.6 Å². The zero-order chi connectivity index (χ0) is 15.9. The molecule has 0 fully saturated rings. The van der Waals surface area contributed by atoms with Crippen LogP contribution in [0.2, 0.25) is 10.0 Å². The lowest BCUT2D eigenvalue weighted by Crippen LogP contribution is -2.13. The predicted molar refractivity (Wildman–Crippen MR) is 94.1 cm³/mol. The van der Waals surface area contributed by atoms with Gasteiger partial charge in [-0.2, -0.15) is 0 Å². The van der Waals surface area contributed by atoms with E-state index in [2.05, 4.69) is 19.0 Å². The molecule has 0 amide bonds. The number of hydrogen-bond donors (Lipinski definition) is 0. The monoisotopic (exact) mass is 337 g/mol. The van der Waals surface area contributed by atoms with E-state index in [1.807, 2.05) is 42.5 Å². The first-order valence-electron chi connectivity index (χ1n) is 7.35. The van der Waals surface area contributed by atoms with E-state index < -0.39 is 0 Å². The van der Waals surface area contributed by atoms with Crippen LogP contribution in [0, 0.1) is 0 Å². The molecule has 0 aliphatic rings. The Morgan fingerprint density at radius 2 is 1.77 bits per heavy atom. The van der Waals surface area contributed by atoms with Crippen LogP contribution in [-0.4, -0.2) is 25.5 Å². The molecule has 0 spiro atoms. The van der Waals surface area contributed by atoms with Crippen LogP contribution in [0.3, 0.4) is 0 Å². The summed E-state index contributed by atoms with van der Waals surface area (Å²) in [5.41, 5.74) is 2.12. The van der Waals surface area contributed by atoms with E-state index in [0.717, 1.165) is 46.3 Å². The first-order valence-corrected chi connectivity index (χ1v) is 8.11. The van der Waals surface area contributed by atoms with Crippen LogP contribution in [0.4, 0.5) is 0 Å². The lowest BCUT2D eigenvalue weighted by molar-refractivity contribution is 0.302. The topological polar surface area (TPSA) is 12.5 Å². The summed E-state index contributed by atoms with van der Waals surface area (Å²) in [5.74, 6) is 0.878. The summed E-state index contributed by atoms with van der Waals surface area (Å²) < 4.78 is 5.96. The fourth-order valence-electron chi connectivity index (χ4n) is 2.24. The Kier molecular flexibility index (Phi) is 6.56. The van der Waals surface area contributed by atoms with E-state index in [9.17, 15) is 0 Å². The molecule has 0 N–H and O–H groups in total. The van der Waals surface area contributed by atoms with Crippen LogP contribution in [-0.2, 0) is 13.0 Å². The highest BCUT2D eigenvalue weighted by molar-refractivity contribution is 6.31. The molecule has 118 valence electrons. The average Bonchev–Trinajstić information content (AvgIpc) is 2.47. The molecular weight excluding hydrogens is 317 g/mol. The van der Waals surface area contributed by atoms with Gasteiger partial charge in [0.2, 0.25) is 0 Å². The number of halogens is 2. The van der Waals surface area contributed by atoms with E-state index in [4.69, 9.17) is 27.9 Å². The minimum Gasteiger partial charge on any atom is -0.489 e. The molecule has 0 saturated heterocycles. The minimum absolute atomic E-state index is 0.460. The molecule has 0 atom stereocenters. The first-order chi connectivity index (χ1) is 10.6. The van der Waals surface area contributed by atoms with Crippen molar-refractivity contribution in [2.75, 3.05) is 20.6 Å². The maximum Gasteiger partial charge on any atom is 0.123 e.